The minimum absolute atomic E-state index is 0.0700. The van der Waals surface area contributed by atoms with Gasteiger partial charge in [-0.25, -0.2) is 0 Å². The summed E-state index contributed by atoms with van der Waals surface area (Å²) in [6.07, 6.45) is 5.33. The molecular weight excluding hydrogens is 200 g/mol. The molecule has 3 N–H and O–H groups in total. The van der Waals surface area contributed by atoms with E-state index in [4.69, 9.17) is 5.73 Å². The monoisotopic (exact) mass is 226 g/mol. The molecule has 1 unspecified atom stereocenters. The van der Waals surface area contributed by atoms with Gasteiger partial charge in [0.25, 0.3) is 0 Å². The molecule has 1 atom stereocenters. The van der Waals surface area contributed by atoms with Crippen molar-refractivity contribution in [2.24, 2.45) is 23.0 Å². The Balaban J connectivity index is 2.37. The zero-order valence-electron chi connectivity index (χ0n) is 10.9. The average molecular weight is 226 g/mol. The quantitative estimate of drug-likeness (QED) is 0.752. The minimum atomic E-state index is -0.0700. The molecule has 94 valence electrons. The Bertz CT molecular complexity index is 232. The number of hydrogen-bond acceptors (Lipinski definition) is 2. The van der Waals surface area contributed by atoms with Crippen molar-refractivity contribution in [2.75, 3.05) is 13.1 Å². The first kappa shape index (κ1) is 13.5. The van der Waals surface area contributed by atoms with E-state index in [2.05, 4.69) is 19.2 Å². The van der Waals surface area contributed by atoms with Gasteiger partial charge >= 0.3 is 0 Å². The molecule has 3 heteroatoms. The highest BCUT2D eigenvalue weighted by molar-refractivity contribution is 5.78. The van der Waals surface area contributed by atoms with Gasteiger partial charge in [0, 0.05) is 19.0 Å². The van der Waals surface area contributed by atoms with Crippen LogP contribution in [-0.2, 0) is 4.79 Å². The molecule has 1 aliphatic rings. The van der Waals surface area contributed by atoms with Crippen LogP contribution >= 0.6 is 0 Å². The van der Waals surface area contributed by atoms with Crippen LogP contribution in [0.5, 0.6) is 0 Å². The summed E-state index contributed by atoms with van der Waals surface area (Å²) < 4.78 is 0. The molecule has 1 fully saturated rings. The van der Waals surface area contributed by atoms with Gasteiger partial charge in [0.2, 0.25) is 5.91 Å². The van der Waals surface area contributed by atoms with Crippen LogP contribution in [0.4, 0.5) is 0 Å². The Morgan fingerprint density at radius 1 is 1.44 bits per heavy atom. The fourth-order valence-electron chi connectivity index (χ4n) is 2.45. The predicted octanol–water partition coefficient (Wildman–Crippen LogP) is 1.91. The lowest BCUT2D eigenvalue weighted by Crippen LogP contribution is -2.41. The first-order valence-electron chi connectivity index (χ1n) is 6.45. The SMILES string of the molecule is CC(CN)C(=O)NCC(C)(C)C1CCCC1. The summed E-state index contributed by atoms with van der Waals surface area (Å²) in [5.41, 5.74) is 5.70. The highest BCUT2D eigenvalue weighted by Crippen LogP contribution is 2.38. The highest BCUT2D eigenvalue weighted by Gasteiger charge is 2.32. The maximum Gasteiger partial charge on any atom is 0.224 e. The summed E-state index contributed by atoms with van der Waals surface area (Å²) in [6.45, 7) is 7.60. The third-order valence-corrected chi connectivity index (χ3v) is 3.98. The van der Waals surface area contributed by atoms with Gasteiger partial charge in [-0.3, -0.25) is 4.79 Å². The maximum atomic E-state index is 11.6. The number of rotatable bonds is 5. The van der Waals surface area contributed by atoms with Gasteiger partial charge < -0.3 is 11.1 Å². The average Bonchev–Trinajstić information content (AvgIpc) is 2.78. The van der Waals surface area contributed by atoms with Gasteiger partial charge in [-0.15, -0.1) is 0 Å². The predicted molar refractivity (Wildman–Crippen MR) is 67.0 cm³/mol. The molecule has 1 saturated carbocycles. The van der Waals surface area contributed by atoms with E-state index in [0.29, 0.717) is 6.54 Å². The standard InChI is InChI=1S/C13H26N2O/c1-10(8-14)12(16)15-9-13(2,3)11-6-4-5-7-11/h10-11H,4-9,14H2,1-3H3,(H,15,16). The van der Waals surface area contributed by atoms with Crippen molar-refractivity contribution in [1.29, 1.82) is 0 Å². The van der Waals surface area contributed by atoms with E-state index in [1.54, 1.807) is 0 Å². The molecule has 0 spiro atoms. The molecule has 3 nitrogen and oxygen atoms in total. The van der Waals surface area contributed by atoms with E-state index in [9.17, 15) is 4.79 Å². The van der Waals surface area contributed by atoms with E-state index < -0.39 is 0 Å². The molecule has 16 heavy (non-hydrogen) atoms. The van der Waals surface area contributed by atoms with Gasteiger partial charge in [0.15, 0.2) is 0 Å². The van der Waals surface area contributed by atoms with Gasteiger partial charge in [-0.05, 0) is 24.2 Å². The fourth-order valence-corrected chi connectivity index (χ4v) is 2.45. The molecular formula is C13H26N2O. The van der Waals surface area contributed by atoms with Crippen LogP contribution in [-0.4, -0.2) is 19.0 Å². The Hall–Kier alpha value is -0.570. The number of amides is 1. The lowest BCUT2D eigenvalue weighted by molar-refractivity contribution is -0.124. The lowest BCUT2D eigenvalue weighted by atomic mass is 9.77. The second-order valence-electron chi connectivity index (χ2n) is 5.82. The normalized spacial score (nSPS) is 19.8. The molecule has 1 aliphatic carbocycles. The molecule has 0 heterocycles. The van der Waals surface area contributed by atoms with Crippen molar-refractivity contribution in [3.63, 3.8) is 0 Å². The van der Waals surface area contributed by atoms with Crippen LogP contribution in [0.2, 0.25) is 0 Å². The Kier molecular flexibility index (Phi) is 4.78. The zero-order valence-corrected chi connectivity index (χ0v) is 10.9. The number of hydrogen-bond donors (Lipinski definition) is 2. The molecule has 1 rings (SSSR count). The summed E-state index contributed by atoms with van der Waals surface area (Å²) >= 11 is 0. The Morgan fingerprint density at radius 3 is 2.50 bits per heavy atom. The van der Waals surface area contributed by atoms with Crippen LogP contribution in [0.3, 0.4) is 0 Å². The summed E-state index contributed by atoms with van der Waals surface area (Å²) in [7, 11) is 0. The first-order chi connectivity index (χ1) is 7.47. The van der Waals surface area contributed by atoms with Crippen LogP contribution in [0.1, 0.15) is 46.5 Å². The number of carbonyl (C=O) groups is 1. The third kappa shape index (κ3) is 3.48. The van der Waals surface area contributed by atoms with Gasteiger partial charge in [-0.2, -0.15) is 0 Å². The maximum absolute atomic E-state index is 11.6. The molecule has 0 aliphatic heterocycles. The molecule has 0 aromatic heterocycles. The molecule has 1 amide bonds. The molecule has 0 bridgehead atoms. The number of nitrogens with one attached hydrogen (secondary N) is 1. The molecule has 0 saturated heterocycles. The van der Waals surface area contributed by atoms with Gasteiger partial charge in [0.05, 0.1) is 0 Å². The lowest BCUT2D eigenvalue weighted by Gasteiger charge is -2.32. The van der Waals surface area contributed by atoms with Crippen molar-refractivity contribution in [3.05, 3.63) is 0 Å². The highest BCUT2D eigenvalue weighted by atomic mass is 16.1. The van der Waals surface area contributed by atoms with Crippen LogP contribution < -0.4 is 11.1 Å². The van der Waals surface area contributed by atoms with E-state index >= 15 is 0 Å². The molecule has 0 aromatic carbocycles. The topological polar surface area (TPSA) is 55.1 Å². The molecule has 0 aromatic rings. The van der Waals surface area contributed by atoms with Crippen molar-refractivity contribution in [1.82, 2.24) is 5.32 Å². The van der Waals surface area contributed by atoms with Crippen molar-refractivity contribution in [3.8, 4) is 0 Å². The van der Waals surface area contributed by atoms with Gasteiger partial charge in [0.1, 0.15) is 0 Å². The zero-order chi connectivity index (χ0) is 12.2. The Morgan fingerprint density at radius 2 is 2.00 bits per heavy atom. The number of carbonyl (C=O) groups excluding carboxylic acids is 1. The smallest absolute Gasteiger partial charge is 0.224 e. The second kappa shape index (κ2) is 5.67. The van der Waals surface area contributed by atoms with Crippen molar-refractivity contribution in [2.45, 2.75) is 46.5 Å². The Labute approximate surface area is 99.2 Å². The fraction of sp³-hybridized carbons (Fsp3) is 0.923. The summed E-state index contributed by atoms with van der Waals surface area (Å²) in [5.74, 6) is 0.786. The second-order valence-corrected chi connectivity index (χ2v) is 5.82. The van der Waals surface area contributed by atoms with E-state index in [-0.39, 0.29) is 17.2 Å². The summed E-state index contributed by atoms with van der Waals surface area (Å²) in [6, 6.07) is 0. The summed E-state index contributed by atoms with van der Waals surface area (Å²) in [5, 5.41) is 3.03. The van der Waals surface area contributed by atoms with E-state index in [1.807, 2.05) is 6.92 Å². The molecule has 0 radical (unpaired) electrons. The number of nitrogens with two attached hydrogens (primary N) is 1. The van der Waals surface area contributed by atoms with Gasteiger partial charge in [-0.1, -0.05) is 33.6 Å². The van der Waals surface area contributed by atoms with Crippen LogP contribution in [0.25, 0.3) is 0 Å². The van der Waals surface area contributed by atoms with E-state index in [0.717, 1.165) is 12.5 Å². The third-order valence-electron chi connectivity index (χ3n) is 3.98. The van der Waals surface area contributed by atoms with Crippen molar-refractivity contribution < 1.29 is 4.79 Å². The minimum Gasteiger partial charge on any atom is -0.355 e. The van der Waals surface area contributed by atoms with E-state index in [1.165, 1.54) is 25.7 Å². The first-order valence-corrected chi connectivity index (χ1v) is 6.45. The van der Waals surface area contributed by atoms with Crippen LogP contribution in [0, 0.1) is 17.3 Å². The summed E-state index contributed by atoms with van der Waals surface area (Å²) in [4.78, 5) is 11.6. The van der Waals surface area contributed by atoms with Crippen LogP contribution in [0.15, 0.2) is 0 Å². The van der Waals surface area contributed by atoms with Crippen molar-refractivity contribution >= 4 is 5.91 Å². The largest absolute Gasteiger partial charge is 0.355 e.